The van der Waals surface area contributed by atoms with E-state index in [2.05, 4.69) is 17.1 Å². The van der Waals surface area contributed by atoms with Crippen LogP contribution >= 0.6 is 0 Å². The Labute approximate surface area is 169 Å². The monoisotopic (exact) mass is 384 g/mol. The van der Waals surface area contributed by atoms with Gasteiger partial charge in [-0.25, -0.2) is 4.98 Å². The Morgan fingerprint density at radius 1 is 1.07 bits per heavy atom. The van der Waals surface area contributed by atoms with Crippen molar-refractivity contribution in [3.05, 3.63) is 46.5 Å². The highest BCUT2D eigenvalue weighted by Gasteiger charge is 2.25. The van der Waals surface area contributed by atoms with Gasteiger partial charge in [-0.05, 0) is 43.0 Å². The second-order valence-electron chi connectivity index (χ2n) is 6.66. The summed E-state index contributed by atoms with van der Waals surface area (Å²) in [6, 6.07) is 13.4. The van der Waals surface area contributed by atoms with Crippen molar-refractivity contribution in [2.24, 2.45) is 0 Å². The maximum absolute atomic E-state index is 9.90. The predicted molar refractivity (Wildman–Crippen MR) is 111 cm³/mol. The SMILES string of the molecule is COc1ccc(/C=C(\C#N)c2c(C#N)c(N)nc(N3CCCCC3)c2C#N)cc1. The summed E-state index contributed by atoms with van der Waals surface area (Å²) in [4.78, 5) is 6.36. The van der Waals surface area contributed by atoms with Gasteiger partial charge in [-0.1, -0.05) is 12.1 Å². The Morgan fingerprint density at radius 2 is 1.72 bits per heavy atom. The minimum atomic E-state index is 0.0259. The number of piperidine rings is 1. The molecule has 1 aromatic carbocycles. The Hall–Kier alpha value is -4.02. The molecule has 1 aliphatic rings. The van der Waals surface area contributed by atoms with Crippen LogP contribution in [0.1, 0.15) is 41.5 Å². The molecule has 1 fully saturated rings. The van der Waals surface area contributed by atoms with Gasteiger partial charge in [0.05, 0.1) is 18.8 Å². The summed E-state index contributed by atoms with van der Waals surface area (Å²) in [5, 5.41) is 29.4. The number of anilines is 2. The summed E-state index contributed by atoms with van der Waals surface area (Å²) in [7, 11) is 1.58. The van der Waals surface area contributed by atoms with Gasteiger partial charge in [0.25, 0.3) is 0 Å². The largest absolute Gasteiger partial charge is 0.497 e. The first-order valence-electron chi connectivity index (χ1n) is 9.27. The lowest BCUT2D eigenvalue weighted by Gasteiger charge is -2.29. The van der Waals surface area contributed by atoms with Crippen molar-refractivity contribution in [3.63, 3.8) is 0 Å². The molecule has 7 nitrogen and oxygen atoms in total. The van der Waals surface area contributed by atoms with Crippen molar-refractivity contribution < 1.29 is 4.74 Å². The molecule has 2 aromatic rings. The average Bonchev–Trinajstić information content (AvgIpc) is 2.77. The molecule has 0 amide bonds. The molecule has 144 valence electrons. The smallest absolute Gasteiger partial charge is 0.149 e. The number of hydrogen-bond donors (Lipinski definition) is 1. The molecule has 0 unspecified atom stereocenters. The number of aromatic nitrogens is 1. The minimum Gasteiger partial charge on any atom is -0.497 e. The molecule has 0 atom stereocenters. The van der Waals surface area contributed by atoms with Gasteiger partial charge in [0.1, 0.15) is 40.7 Å². The molecule has 1 aromatic heterocycles. The van der Waals surface area contributed by atoms with Crippen molar-refractivity contribution >= 4 is 23.3 Å². The van der Waals surface area contributed by atoms with E-state index in [9.17, 15) is 15.8 Å². The highest BCUT2D eigenvalue weighted by atomic mass is 16.5. The molecule has 1 saturated heterocycles. The normalized spacial score (nSPS) is 13.9. The van der Waals surface area contributed by atoms with Crippen LogP contribution in [0.3, 0.4) is 0 Å². The molecule has 0 radical (unpaired) electrons. The molecule has 2 heterocycles. The van der Waals surface area contributed by atoms with E-state index in [-0.39, 0.29) is 28.1 Å². The van der Waals surface area contributed by atoms with Crippen LogP contribution in [0.5, 0.6) is 5.75 Å². The lowest BCUT2D eigenvalue weighted by molar-refractivity contribution is 0.415. The summed E-state index contributed by atoms with van der Waals surface area (Å²) in [5.41, 5.74) is 7.48. The van der Waals surface area contributed by atoms with Gasteiger partial charge in [0.2, 0.25) is 0 Å². The number of benzene rings is 1. The maximum atomic E-state index is 9.90. The molecular weight excluding hydrogens is 364 g/mol. The lowest BCUT2D eigenvalue weighted by atomic mass is 9.94. The van der Waals surface area contributed by atoms with Crippen LogP contribution in [0.4, 0.5) is 11.6 Å². The molecule has 0 bridgehead atoms. The van der Waals surface area contributed by atoms with Gasteiger partial charge in [-0.3, -0.25) is 0 Å². The third kappa shape index (κ3) is 3.98. The Balaban J connectivity index is 2.20. The van der Waals surface area contributed by atoms with Crippen LogP contribution < -0.4 is 15.4 Å². The number of hydrogen-bond acceptors (Lipinski definition) is 7. The van der Waals surface area contributed by atoms with Crippen LogP contribution in [0.2, 0.25) is 0 Å². The zero-order valence-corrected chi connectivity index (χ0v) is 16.1. The van der Waals surface area contributed by atoms with Crippen molar-refractivity contribution in [1.82, 2.24) is 4.98 Å². The first-order chi connectivity index (χ1) is 14.1. The summed E-state index contributed by atoms with van der Waals surface area (Å²) >= 11 is 0. The first-order valence-corrected chi connectivity index (χ1v) is 9.27. The van der Waals surface area contributed by atoms with E-state index in [1.54, 1.807) is 37.5 Å². The number of allylic oxidation sites excluding steroid dienone is 1. The van der Waals surface area contributed by atoms with E-state index in [4.69, 9.17) is 10.5 Å². The molecular formula is C22H20N6O. The predicted octanol–water partition coefficient (Wildman–Crippen LogP) is 3.47. The van der Waals surface area contributed by atoms with Gasteiger partial charge in [0.15, 0.2) is 0 Å². The van der Waals surface area contributed by atoms with E-state index in [0.29, 0.717) is 11.6 Å². The fourth-order valence-corrected chi connectivity index (χ4v) is 3.44. The zero-order chi connectivity index (χ0) is 20.8. The van der Waals surface area contributed by atoms with E-state index in [0.717, 1.165) is 37.9 Å². The van der Waals surface area contributed by atoms with Gasteiger partial charge in [-0.15, -0.1) is 0 Å². The number of nitriles is 3. The van der Waals surface area contributed by atoms with Gasteiger partial charge < -0.3 is 15.4 Å². The second-order valence-corrected chi connectivity index (χ2v) is 6.66. The summed E-state index contributed by atoms with van der Waals surface area (Å²) in [6.07, 6.45) is 4.75. The quantitative estimate of drug-likeness (QED) is 0.801. The molecule has 7 heteroatoms. The summed E-state index contributed by atoms with van der Waals surface area (Å²) < 4.78 is 5.15. The highest BCUT2D eigenvalue weighted by molar-refractivity contribution is 5.96. The Morgan fingerprint density at radius 3 is 2.28 bits per heavy atom. The van der Waals surface area contributed by atoms with Crippen LogP contribution in [-0.2, 0) is 0 Å². The van der Waals surface area contributed by atoms with Gasteiger partial charge in [0, 0.05) is 18.7 Å². The van der Waals surface area contributed by atoms with Crippen LogP contribution in [0.25, 0.3) is 11.6 Å². The zero-order valence-electron chi connectivity index (χ0n) is 16.1. The third-order valence-corrected chi connectivity index (χ3v) is 4.90. The topological polar surface area (TPSA) is 123 Å². The van der Waals surface area contributed by atoms with Crippen molar-refractivity contribution in [2.75, 3.05) is 30.8 Å². The molecule has 0 spiro atoms. The van der Waals surface area contributed by atoms with E-state index in [1.807, 2.05) is 11.0 Å². The maximum Gasteiger partial charge on any atom is 0.149 e. The van der Waals surface area contributed by atoms with Crippen molar-refractivity contribution in [2.45, 2.75) is 19.3 Å². The highest BCUT2D eigenvalue weighted by Crippen LogP contribution is 2.34. The molecule has 3 rings (SSSR count). The fourth-order valence-electron chi connectivity index (χ4n) is 3.44. The summed E-state index contributed by atoms with van der Waals surface area (Å²) in [6.45, 7) is 1.52. The Bertz CT molecular complexity index is 1060. The molecule has 29 heavy (non-hydrogen) atoms. The Kier molecular flexibility index (Phi) is 5.97. The van der Waals surface area contributed by atoms with Gasteiger partial charge >= 0.3 is 0 Å². The number of pyridine rings is 1. The molecule has 1 aliphatic heterocycles. The number of ether oxygens (including phenoxy) is 1. The van der Waals surface area contributed by atoms with Gasteiger partial charge in [-0.2, -0.15) is 15.8 Å². The minimum absolute atomic E-state index is 0.0259. The molecule has 0 aliphatic carbocycles. The standard InChI is InChI=1S/C22H20N6O/c1-29-17-7-5-15(6-8-17)11-16(12-23)20-18(13-24)21(26)27-22(19(20)14-25)28-9-3-2-4-10-28/h5-8,11H,2-4,9-10H2,1H3,(H2,26,27)/b16-11+. The van der Waals surface area contributed by atoms with E-state index >= 15 is 0 Å². The number of nitrogen functional groups attached to an aromatic ring is 1. The van der Waals surface area contributed by atoms with Crippen molar-refractivity contribution in [3.8, 4) is 24.0 Å². The van der Waals surface area contributed by atoms with Crippen molar-refractivity contribution in [1.29, 1.82) is 15.8 Å². The summed E-state index contributed by atoms with van der Waals surface area (Å²) in [5.74, 6) is 1.16. The second kappa shape index (κ2) is 8.78. The van der Waals surface area contributed by atoms with Crippen LogP contribution in [0.15, 0.2) is 24.3 Å². The number of rotatable bonds is 4. The number of methoxy groups -OCH3 is 1. The molecule has 0 saturated carbocycles. The third-order valence-electron chi connectivity index (χ3n) is 4.90. The lowest BCUT2D eigenvalue weighted by Crippen LogP contribution is -2.31. The fraction of sp³-hybridized carbons (Fsp3) is 0.273. The van der Waals surface area contributed by atoms with Crippen LogP contribution in [-0.4, -0.2) is 25.2 Å². The molecule has 2 N–H and O–H groups in total. The first kappa shape index (κ1) is 19.7. The van der Waals surface area contributed by atoms with E-state index in [1.165, 1.54) is 0 Å². The number of nitrogens with zero attached hydrogens (tertiary/aromatic N) is 5. The number of nitrogens with two attached hydrogens (primary N) is 1. The average molecular weight is 384 g/mol. The van der Waals surface area contributed by atoms with Crippen LogP contribution in [0, 0.1) is 34.0 Å². The van der Waals surface area contributed by atoms with E-state index < -0.39 is 0 Å².